The Bertz CT molecular complexity index is 996. The summed E-state index contributed by atoms with van der Waals surface area (Å²) >= 11 is 1.26. The number of ether oxygens (including phenoxy) is 2. The van der Waals surface area contributed by atoms with Gasteiger partial charge in [-0.15, -0.1) is 10.2 Å². The molecule has 0 aliphatic carbocycles. The minimum atomic E-state index is -0.475. The van der Waals surface area contributed by atoms with Crippen LogP contribution in [0.15, 0.2) is 46.2 Å². The zero-order chi connectivity index (χ0) is 20.8. The lowest BCUT2D eigenvalue weighted by molar-refractivity contribution is -0.118. The number of esters is 1. The summed E-state index contributed by atoms with van der Waals surface area (Å²) < 4.78 is 17.1. The lowest BCUT2D eigenvalue weighted by Gasteiger charge is -2.07. The van der Waals surface area contributed by atoms with E-state index in [0.717, 1.165) is 11.4 Å². The van der Waals surface area contributed by atoms with Crippen molar-refractivity contribution in [3.05, 3.63) is 53.7 Å². The normalized spacial score (nSPS) is 10.6. The van der Waals surface area contributed by atoms with Gasteiger partial charge >= 0.3 is 5.97 Å². The molecule has 1 aromatic carbocycles. The van der Waals surface area contributed by atoms with E-state index < -0.39 is 5.97 Å². The van der Waals surface area contributed by atoms with Crippen LogP contribution in [0.4, 0.5) is 0 Å². The molecule has 9 nitrogen and oxygen atoms in total. The summed E-state index contributed by atoms with van der Waals surface area (Å²) in [5.41, 5.74) is 1.21. The minimum absolute atomic E-state index is 0.151. The summed E-state index contributed by atoms with van der Waals surface area (Å²) in [6.07, 6.45) is 1.59. The Morgan fingerprint density at radius 3 is 2.69 bits per heavy atom. The van der Waals surface area contributed by atoms with E-state index in [-0.39, 0.29) is 18.2 Å². The van der Waals surface area contributed by atoms with Crippen LogP contribution in [0.3, 0.4) is 0 Å². The predicted octanol–water partition coefficient (Wildman–Crippen LogP) is 2.37. The fourth-order valence-corrected chi connectivity index (χ4v) is 3.31. The molecule has 0 spiro atoms. The maximum Gasteiger partial charge on any atom is 0.341 e. The average Bonchev–Trinajstić information content (AvgIpc) is 3.36. The molecule has 1 N–H and O–H groups in total. The Morgan fingerprint density at radius 2 is 2.00 bits per heavy atom. The number of methoxy groups -OCH3 is 2. The zero-order valence-electron chi connectivity index (χ0n) is 16.2. The van der Waals surface area contributed by atoms with Gasteiger partial charge < -0.3 is 19.2 Å². The fraction of sp³-hybridized carbons (Fsp3) is 0.263. The summed E-state index contributed by atoms with van der Waals surface area (Å²) in [7, 11) is 2.91. The first-order valence-corrected chi connectivity index (χ1v) is 9.62. The van der Waals surface area contributed by atoms with Crippen molar-refractivity contribution in [2.24, 2.45) is 0 Å². The summed E-state index contributed by atoms with van der Waals surface area (Å²) in [5.74, 6) is 1.15. The number of aromatic nitrogens is 3. The maximum atomic E-state index is 12.2. The molecule has 0 aliphatic heterocycles. The van der Waals surface area contributed by atoms with E-state index in [0.29, 0.717) is 22.2 Å². The van der Waals surface area contributed by atoms with Crippen LogP contribution in [0, 0.1) is 6.92 Å². The Morgan fingerprint density at radius 1 is 1.24 bits per heavy atom. The number of furan rings is 1. The molecule has 152 valence electrons. The molecule has 0 saturated heterocycles. The van der Waals surface area contributed by atoms with Crippen LogP contribution in [0.25, 0.3) is 5.69 Å². The van der Waals surface area contributed by atoms with Crippen LogP contribution in [0.1, 0.15) is 21.9 Å². The quantitative estimate of drug-likeness (QED) is 0.440. The van der Waals surface area contributed by atoms with Crippen molar-refractivity contribution in [2.45, 2.75) is 18.6 Å². The van der Waals surface area contributed by atoms with Gasteiger partial charge in [0.15, 0.2) is 5.16 Å². The van der Waals surface area contributed by atoms with Crippen molar-refractivity contribution < 1.29 is 23.5 Å². The van der Waals surface area contributed by atoms with Gasteiger partial charge in [0, 0.05) is 5.69 Å². The van der Waals surface area contributed by atoms with Gasteiger partial charge in [-0.1, -0.05) is 11.8 Å². The lowest BCUT2D eigenvalue weighted by Crippen LogP contribution is -2.24. The number of hydrogen-bond acceptors (Lipinski definition) is 8. The number of amides is 1. The molecule has 3 aromatic rings. The van der Waals surface area contributed by atoms with E-state index in [4.69, 9.17) is 9.15 Å². The predicted molar refractivity (Wildman–Crippen MR) is 105 cm³/mol. The molecule has 3 rings (SSSR count). The molecule has 29 heavy (non-hydrogen) atoms. The molecule has 0 saturated carbocycles. The van der Waals surface area contributed by atoms with Gasteiger partial charge in [0.25, 0.3) is 0 Å². The summed E-state index contributed by atoms with van der Waals surface area (Å²) in [5, 5.41) is 11.3. The largest absolute Gasteiger partial charge is 0.497 e. The monoisotopic (exact) mass is 416 g/mol. The highest BCUT2D eigenvalue weighted by molar-refractivity contribution is 7.99. The van der Waals surface area contributed by atoms with Crippen molar-refractivity contribution in [3.8, 4) is 11.4 Å². The number of rotatable bonds is 8. The first kappa shape index (κ1) is 20.5. The van der Waals surface area contributed by atoms with Crippen LogP contribution < -0.4 is 10.1 Å². The van der Waals surface area contributed by atoms with Crippen LogP contribution in [-0.2, 0) is 16.1 Å². The fourth-order valence-electron chi connectivity index (χ4n) is 2.55. The number of aryl methyl sites for hydroxylation is 1. The van der Waals surface area contributed by atoms with E-state index in [2.05, 4.69) is 20.3 Å². The smallest absolute Gasteiger partial charge is 0.341 e. The number of benzene rings is 1. The zero-order valence-corrected chi connectivity index (χ0v) is 17.0. The molecule has 0 unspecified atom stereocenters. The van der Waals surface area contributed by atoms with Crippen molar-refractivity contribution in [2.75, 3.05) is 20.0 Å². The van der Waals surface area contributed by atoms with Gasteiger partial charge in [0.05, 0.1) is 26.5 Å². The number of carbonyl (C=O) groups is 2. The van der Waals surface area contributed by atoms with Crippen LogP contribution in [0.2, 0.25) is 0 Å². The average molecular weight is 416 g/mol. The molecular formula is C19H20N4O5S. The Labute approximate surface area is 171 Å². The van der Waals surface area contributed by atoms with E-state index in [9.17, 15) is 9.59 Å². The maximum absolute atomic E-state index is 12.2. The molecule has 0 aliphatic rings. The van der Waals surface area contributed by atoms with E-state index in [1.54, 1.807) is 31.0 Å². The molecular weight excluding hydrogens is 396 g/mol. The summed E-state index contributed by atoms with van der Waals surface area (Å²) in [6.45, 7) is 1.84. The summed E-state index contributed by atoms with van der Waals surface area (Å²) in [6, 6.07) is 9.00. The van der Waals surface area contributed by atoms with Crippen molar-refractivity contribution in [3.63, 3.8) is 0 Å². The Kier molecular flexibility index (Phi) is 6.55. The van der Waals surface area contributed by atoms with Crippen molar-refractivity contribution in [1.29, 1.82) is 0 Å². The second-order valence-corrected chi connectivity index (χ2v) is 6.86. The molecule has 10 heteroatoms. The van der Waals surface area contributed by atoms with Crippen molar-refractivity contribution in [1.82, 2.24) is 20.1 Å². The highest BCUT2D eigenvalue weighted by Crippen LogP contribution is 2.21. The molecule has 2 heterocycles. The topological polar surface area (TPSA) is 108 Å². The van der Waals surface area contributed by atoms with Gasteiger partial charge in [0.1, 0.15) is 29.2 Å². The molecule has 0 bridgehead atoms. The second kappa shape index (κ2) is 9.28. The number of nitrogens with zero attached hydrogens (tertiary/aromatic N) is 3. The number of hydrogen-bond donors (Lipinski definition) is 1. The van der Waals surface area contributed by atoms with Crippen LogP contribution >= 0.6 is 11.8 Å². The highest BCUT2D eigenvalue weighted by Gasteiger charge is 2.16. The van der Waals surface area contributed by atoms with Gasteiger partial charge in [-0.05, 0) is 37.3 Å². The third kappa shape index (κ3) is 4.96. The number of carbonyl (C=O) groups excluding carboxylic acids is 2. The Balaban J connectivity index is 1.55. The SMILES string of the molecule is COC(=O)c1cc(CNC(=O)CSc2nncn2-c2ccc(OC)cc2)oc1C. The van der Waals surface area contributed by atoms with Gasteiger partial charge in [-0.25, -0.2) is 4.79 Å². The Hall–Kier alpha value is -3.27. The second-order valence-electron chi connectivity index (χ2n) is 5.92. The molecule has 0 radical (unpaired) electrons. The molecule has 1 amide bonds. The van der Waals surface area contributed by atoms with Gasteiger partial charge in [0.2, 0.25) is 5.91 Å². The lowest BCUT2D eigenvalue weighted by atomic mass is 10.2. The van der Waals surface area contributed by atoms with Gasteiger partial charge in [-0.3, -0.25) is 9.36 Å². The number of nitrogens with one attached hydrogen (secondary N) is 1. The third-order valence-corrected chi connectivity index (χ3v) is 4.98. The molecule has 2 aromatic heterocycles. The minimum Gasteiger partial charge on any atom is -0.497 e. The van der Waals surface area contributed by atoms with Crippen LogP contribution in [0.5, 0.6) is 5.75 Å². The molecule has 0 atom stereocenters. The number of thioether (sulfide) groups is 1. The first-order valence-electron chi connectivity index (χ1n) is 8.63. The third-order valence-electron chi connectivity index (χ3n) is 4.03. The van der Waals surface area contributed by atoms with E-state index in [1.807, 2.05) is 24.3 Å². The van der Waals surface area contributed by atoms with Crippen molar-refractivity contribution >= 4 is 23.6 Å². The standard InChI is InChI=1S/C19H20N4O5S/c1-12-16(18(25)27-3)8-15(28-12)9-20-17(24)10-29-19-22-21-11-23(19)13-4-6-14(26-2)7-5-13/h4-8,11H,9-10H2,1-3H3,(H,20,24). The van der Waals surface area contributed by atoms with Gasteiger partial charge in [-0.2, -0.15) is 0 Å². The first-order chi connectivity index (χ1) is 14.0. The van der Waals surface area contributed by atoms with Crippen LogP contribution in [-0.4, -0.2) is 46.6 Å². The van der Waals surface area contributed by atoms with E-state index in [1.165, 1.54) is 18.9 Å². The highest BCUT2D eigenvalue weighted by atomic mass is 32.2. The van der Waals surface area contributed by atoms with E-state index >= 15 is 0 Å². The summed E-state index contributed by atoms with van der Waals surface area (Å²) in [4.78, 5) is 23.8. The molecule has 0 fully saturated rings.